The minimum absolute atomic E-state index is 0.322. The lowest BCUT2D eigenvalue weighted by Gasteiger charge is -2.26. The molecule has 1 aliphatic carbocycles. The van der Waals surface area contributed by atoms with Crippen molar-refractivity contribution in [3.8, 4) is 0 Å². The van der Waals surface area contributed by atoms with Crippen molar-refractivity contribution >= 4 is 0 Å². The molecule has 96 valence electrons. The van der Waals surface area contributed by atoms with Crippen molar-refractivity contribution in [1.82, 2.24) is 5.32 Å². The molecule has 1 fully saturated rings. The summed E-state index contributed by atoms with van der Waals surface area (Å²) in [6.45, 7) is 4.52. The first-order chi connectivity index (χ1) is 8.27. The van der Waals surface area contributed by atoms with Crippen molar-refractivity contribution in [2.75, 3.05) is 0 Å². The van der Waals surface area contributed by atoms with Crippen LogP contribution in [0.15, 0.2) is 22.8 Å². The molecule has 0 bridgehead atoms. The van der Waals surface area contributed by atoms with Gasteiger partial charge < -0.3 is 9.73 Å². The van der Waals surface area contributed by atoms with Crippen LogP contribution < -0.4 is 5.32 Å². The SMILES string of the molecule is CC(N[C@@H](C)C1CCCCCC1)c1ccco1. The maximum absolute atomic E-state index is 5.45. The van der Waals surface area contributed by atoms with Crippen LogP contribution in [0.5, 0.6) is 0 Å². The topological polar surface area (TPSA) is 25.2 Å². The Bertz CT molecular complexity index is 299. The van der Waals surface area contributed by atoms with Crippen molar-refractivity contribution in [2.24, 2.45) is 5.92 Å². The fourth-order valence-electron chi connectivity index (χ4n) is 2.96. The van der Waals surface area contributed by atoms with Gasteiger partial charge in [-0.15, -0.1) is 0 Å². The van der Waals surface area contributed by atoms with Gasteiger partial charge in [0.05, 0.1) is 12.3 Å². The van der Waals surface area contributed by atoms with Gasteiger partial charge >= 0.3 is 0 Å². The molecule has 1 saturated carbocycles. The molecule has 17 heavy (non-hydrogen) atoms. The molecule has 1 aromatic rings. The smallest absolute Gasteiger partial charge is 0.120 e. The van der Waals surface area contributed by atoms with Gasteiger partial charge in [0.2, 0.25) is 0 Å². The fraction of sp³-hybridized carbons (Fsp3) is 0.733. The van der Waals surface area contributed by atoms with Gasteiger partial charge in [-0.2, -0.15) is 0 Å². The number of furan rings is 1. The van der Waals surface area contributed by atoms with Crippen LogP contribution in [0.2, 0.25) is 0 Å². The lowest BCUT2D eigenvalue weighted by Crippen LogP contribution is -2.35. The molecule has 2 rings (SSSR count). The third kappa shape index (κ3) is 3.60. The monoisotopic (exact) mass is 235 g/mol. The highest BCUT2D eigenvalue weighted by molar-refractivity contribution is 5.03. The Morgan fingerprint density at radius 3 is 2.47 bits per heavy atom. The van der Waals surface area contributed by atoms with Crippen LogP contribution >= 0.6 is 0 Å². The number of nitrogens with one attached hydrogen (secondary N) is 1. The first kappa shape index (κ1) is 12.7. The zero-order chi connectivity index (χ0) is 12.1. The van der Waals surface area contributed by atoms with E-state index in [4.69, 9.17) is 4.42 Å². The summed E-state index contributed by atoms with van der Waals surface area (Å²) in [5.74, 6) is 1.89. The molecule has 1 unspecified atom stereocenters. The molecule has 0 amide bonds. The molecule has 0 radical (unpaired) electrons. The molecule has 0 saturated heterocycles. The van der Waals surface area contributed by atoms with Crippen LogP contribution in [0.3, 0.4) is 0 Å². The zero-order valence-electron chi connectivity index (χ0n) is 11.1. The standard InChI is InChI=1S/C15H25NO/c1-12(14-8-5-3-4-6-9-14)16-13(2)15-10-7-11-17-15/h7,10-14,16H,3-6,8-9H2,1-2H3/t12-,13?/m0/s1. The maximum Gasteiger partial charge on any atom is 0.120 e. The Balaban J connectivity index is 1.85. The minimum atomic E-state index is 0.322. The molecule has 0 spiro atoms. The fourth-order valence-corrected chi connectivity index (χ4v) is 2.96. The summed E-state index contributed by atoms with van der Waals surface area (Å²) in [5, 5.41) is 3.69. The second kappa shape index (κ2) is 6.25. The number of hydrogen-bond donors (Lipinski definition) is 1. The maximum atomic E-state index is 5.45. The molecule has 1 aliphatic rings. The normalized spacial score (nSPS) is 22.0. The van der Waals surface area contributed by atoms with Crippen molar-refractivity contribution in [3.05, 3.63) is 24.2 Å². The van der Waals surface area contributed by atoms with Crippen molar-refractivity contribution in [2.45, 2.75) is 64.5 Å². The van der Waals surface area contributed by atoms with E-state index in [1.807, 2.05) is 6.07 Å². The Morgan fingerprint density at radius 2 is 1.88 bits per heavy atom. The molecular weight excluding hydrogens is 210 g/mol. The van der Waals surface area contributed by atoms with Crippen LogP contribution in [0.4, 0.5) is 0 Å². The Morgan fingerprint density at radius 1 is 1.18 bits per heavy atom. The predicted octanol–water partition coefficient (Wildman–Crippen LogP) is 4.29. The second-order valence-corrected chi connectivity index (χ2v) is 5.44. The van der Waals surface area contributed by atoms with Gasteiger partial charge in [0, 0.05) is 6.04 Å². The summed E-state index contributed by atoms with van der Waals surface area (Å²) in [7, 11) is 0. The van der Waals surface area contributed by atoms with Gasteiger partial charge in [0.15, 0.2) is 0 Å². The molecule has 2 nitrogen and oxygen atoms in total. The summed E-state index contributed by atoms with van der Waals surface area (Å²) < 4.78 is 5.45. The summed E-state index contributed by atoms with van der Waals surface area (Å²) in [6.07, 6.45) is 10.2. The highest BCUT2D eigenvalue weighted by Crippen LogP contribution is 2.26. The van der Waals surface area contributed by atoms with Gasteiger partial charge in [-0.05, 0) is 44.7 Å². The summed E-state index contributed by atoms with van der Waals surface area (Å²) in [4.78, 5) is 0. The zero-order valence-corrected chi connectivity index (χ0v) is 11.1. The van der Waals surface area contributed by atoms with E-state index >= 15 is 0 Å². The largest absolute Gasteiger partial charge is 0.468 e. The molecule has 2 atom stereocenters. The van der Waals surface area contributed by atoms with E-state index in [0.717, 1.165) is 11.7 Å². The third-order valence-corrected chi connectivity index (χ3v) is 4.09. The molecule has 1 heterocycles. The van der Waals surface area contributed by atoms with Gasteiger partial charge in [0.1, 0.15) is 5.76 Å². The van der Waals surface area contributed by atoms with Gasteiger partial charge in [-0.1, -0.05) is 25.7 Å². The highest BCUT2D eigenvalue weighted by Gasteiger charge is 2.21. The quantitative estimate of drug-likeness (QED) is 0.788. The Labute approximate surface area is 105 Å². The van der Waals surface area contributed by atoms with E-state index in [0.29, 0.717) is 12.1 Å². The first-order valence-corrected chi connectivity index (χ1v) is 7.07. The van der Waals surface area contributed by atoms with Gasteiger partial charge in [-0.3, -0.25) is 0 Å². The van der Waals surface area contributed by atoms with Crippen molar-refractivity contribution in [3.63, 3.8) is 0 Å². The molecule has 1 aromatic heterocycles. The van der Waals surface area contributed by atoms with E-state index in [1.165, 1.54) is 38.5 Å². The van der Waals surface area contributed by atoms with Crippen molar-refractivity contribution < 1.29 is 4.42 Å². The number of hydrogen-bond acceptors (Lipinski definition) is 2. The average Bonchev–Trinajstić information content (AvgIpc) is 2.71. The lowest BCUT2D eigenvalue weighted by atomic mass is 9.92. The van der Waals surface area contributed by atoms with Crippen LogP contribution in [0.1, 0.15) is 64.2 Å². The third-order valence-electron chi connectivity index (χ3n) is 4.09. The van der Waals surface area contributed by atoms with Gasteiger partial charge in [-0.25, -0.2) is 0 Å². The van der Waals surface area contributed by atoms with Crippen LogP contribution in [0, 0.1) is 5.92 Å². The highest BCUT2D eigenvalue weighted by atomic mass is 16.3. The summed E-state index contributed by atoms with van der Waals surface area (Å²) in [5.41, 5.74) is 0. The Hall–Kier alpha value is -0.760. The Kier molecular flexibility index (Phi) is 4.66. The van der Waals surface area contributed by atoms with E-state index in [2.05, 4.69) is 25.2 Å². The van der Waals surface area contributed by atoms with Crippen LogP contribution in [-0.4, -0.2) is 6.04 Å². The second-order valence-electron chi connectivity index (χ2n) is 5.44. The first-order valence-electron chi connectivity index (χ1n) is 7.07. The lowest BCUT2D eigenvalue weighted by molar-refractivity contribution is 0.300. The van der Waals surface area contributed by atoms with E-state index in [9.17, 15) is 0 Å². The van der Waals surface area contributed by atoms with Crippen LogP contribution in [-0.2, 0) is 0 Å². The molecular formula is C15H25NO. The van der Waals surface area contributed by atoms with Crippen LogP contribution in [0.25, 0.3) is 0 Å². The molecule has 2 heteroatoms. The van der Waals surface area contributed by atoms with Crippen molar-refractivity contribution in [1.29, 1.82) is 0 Å². The summed E-state index contributed by atoms with van der Waals surface area (Å²) >= 11 is 0. The summed E-state index contributed by atoms with van der Waals surface area (Å²) in [6, 6.07) is 4.93. The van der Waals surface area contributed by atoms with E-state index in [-0.39, 0.29) is 0 Å². The van der Waals surface area contributed by atoms with E-state index in [1.54, 1.807) is 6.26 Å². The molecule has 1 N–H and O–H groups in total. The average molecular weight is 235 g/mol. The molecule has 0 aromatic carbocycles. The van der Waals surface area contributed by atoms with Gasteiger partial charge in [0.25, 0.3) is 0 Å². The molecule has 0 aliphatic heterocycles. The number of rotatable bonds is 4. The predicted molar refractivity (Wildman–Crippen MR) is 70.9 cm³/mol. The minimum Gasteiger partial charge on any atom is -0.468 e. The van der Waals surface area contributed by atoms with E-state index < -0.39 is 0 Å².